The van der Waals surface area contributed by atoms with Crippen LogP contribution in [0.1, 0.15) is 15.9 Å². The first-order chi connectivity index (χ1) is 12.8. The molecular weight excluding hydrogens is 369 g/mol. The summed E-state index contributed by atoms with van der Waals surface area (Å²) in [4.78, 5) is 29.4. The lowest BCUT2D eigenvalue weighted by Gasteiger charge is -2.18. The molecule has 1 N–H and O–H groups in total. The Kier molecular flexibility index (Phi) is 5.09. The Morgan fingerprint density at radius 1 is 1.30 bits per heavy atom. The number of carbonyl (C=O) groups is 1. The summed E-state index contributed by atoms with van der Waals surface area (Å²) in [6.45, 7) is 0.227. The zero-order valence-electron chi connectivity index (χ0n) is 15.1. The fourth-order valence-electron chi connectivity index (χ4n) is 2.81. The topological polar surface area (TPSA) is 67.3 Å². The molecule has 0 saturated heterocycles. The average molecular weight is 387 g/mol. The van der Waals surface area contributed by atoms with Crippen LogP contribution in [0.15, 0.2) is 41.2 Å². The number of rotatable bonds is 4. The number of fused-ring (bicyclic) bond motifs is 1. The first-order valence-corrected chi connectivity index (χ1v) is 8.53. The summed E-state index contributed by atoms with van der Waals surface area (Å²) in [5.74, 6) is -0.586. The molecule has 1 heterocycles. The van der Waals surface area contributed by atoms with Crippen LogP contribution >= 0.6 is 12.2 Å². The maximum Gasteiger partial charge on any atom is 0.261 e. The largest absolute Gasteiger partial charge is 0.494 e. The Labute approximate surface area is 159 Å². The van der Waals surface area contributed by atoms with Crippen LogP contribution in [0, 0.1) is 10.6 Å². The average Bonchev–Trinajstić information content (AvgIpc) is 2.65. The summed E-state index contributed by atoms with van der Waals surface area (Å²) in [7, 11) is 4.61. The molecule has 3 rings (SSSR count). The number of ether oxygens (including phenoxy) is 1. The summed E-state index contributed by atoms with van der Waals surface area (Å²) in [5, 5.41) is 0.447. The third-order valence-corrected chi connectivity index (χ3v) is 4.71. The van der Waals surface area contributed by atoms with E-state index in [2.05, 4.69) is 4.98 Å². The van der Waals surface area contributed by atoms with E-state index in [1.165, 1.54) is 28.7 Å². The van der Waals surface area contributed by atoms with Crippen molar-refractivity contribution in [2.45, 2.75) is 6.54 Å². The van der Waals surface area contributed by atoms with Crippen molar-refractivity contribution in [3.63, 3.8) is 0 Å². The van der Waals surface area contributed by atoms with Gasteiger partial charge in [-0.15, -0.1) is 0 Å². The van der Waals surface area contributed by atoms with E-state index in [9.17, 15) is 14.0 Å². The SMILES string of the molecule is COc1ccc(CN(C)C(=O)c2ccc3c(=O)n(C)c(=S)[nH]c3c2)cc1F. The van der Waals surface area contributed by atoms with Gasteiger partial charge in [0.2, 0.25) is 0 Å². The number of methoxy groups -OCH3 is 1. The predicted octanol–water partition coefficient (Wildman–Crippen LogP) is 3.02. The monoisotopic (exact) mass is 387 g/mol. The minimum Gasteiger partial charge on any atom is -0.494 e. The highest BCUT2D eigenvalue weighted by Crippen LogP contribution is 2.19. The number of nitrogens with one attached hydrogen (secondary N) is 1. The smallest absolute Gasteiger partial charge is 0.261 e. The van der Waals surface area contributed by atoms with Gasteiger partial charge in [0.25, 0.3) is 11.5 Å². The molecule has 6 nitrogen and oxygen atoms in total. The second-order valence-corrected chi connectivity index (χ2v) is 6.57. The van der Waals surface area contributed by atoms with Gasteiger partial charge in [0.05, 0.1) is 18.0 Å². The Hall–Kier alpha value is -3.00. The van der Waals surface area contributed by atoms with Gasteiger partial charge < -0.3 is 14.6 Å². The fraction of sp³-hybridized carbons (Fsp3) is 0.211. The van der Waals surface area contributed by atoms with E-state index < -0.39 is 5.82 Å². The van der Waals surface area contributed by atoms with Gasteiger partial charge in [-0.05, 0) is 48.1 Å². The molecule has 27 heavy (non-hydrogen) atoms. The second kappa shape index (κ2) is 7.32. The van der Waals surface area contributed by atoms with E-state index in [-0.39, 0.29) is 28.5 Å². The summed E-state index contributed by atoms with van der Waals surface area (Å²) in [6, 6.07) is 9.34. The van der Waals surface area contributed by atoms with Crippen LogP contribution in [0.5, 0.6) is 5.75 Å². The highest BCUT2D eigenvalue weighted by Gasteiger charge is 2.15. The molecule has 0 spiro atoms. The molecule has 0 fully saturated rings. The van der Waals surface area contributed by atoms with Gasteiger partial charge in [0.15, 0.2) is 16.3 Å². The van der Waals surface area contributed by atoms with E-state index in [0.29, 0.717) is 22.0 Å². The van der Waals surface area contributed by atoms with Crippen molar-refractivity contribution in [1.82, 2.24) is 14.5 Å². The number of hydrogen-bond donors (Lipinski definition) is 1. The third-order valence-electron chi connectivity index (χ3n) is 4.33. The van der Waals surface area contributed by atoms with E-state index >= 15 is 0 Å². The van der Waals surface area contributed by atoms with Gasteiger partial charge in [-0.3, -0.25) is 14.2 Å². The molecule has 0 radical (unpaired) electrons. The minimum absolute atomic E-state index is 0.152. The van der Waals surface area contributed by atoms with Crippen LogP contribution in [0.25, 0.3) is 10.9 Å². The minimum atomic E-state index is -0.482. The molecule has 0 saturated carbocycles. The lowest BCUT2D eigenvalue weighted by atomic mass is 10.1. The molecule has 1 amide bonds. The zero-order chi connectivity index (χ0) is 19.7. The van der Waals surface area contributed by atoms with Gasteiger partial charge in [-0.25, -0.2) is 4.39 Å². The molecule has 0 aliphatic heterocycles. The Morgan fingerprint density at radius 3 is 2.70 bits per heavy atom. The van der Waals surface area contributed by atoms with Crippen LogP contribution in [-0.2, 0) is 13.6 Å². The van der Waals surface area contributed by atoms with Gasteiger partial charge in [0, 0.05) is 26.2 Å². The summed E-state index contributed by atoms with van der Waals surface area (Å²) in [6.07, 6.45) is 0. The highest BCUT2D eigenvalue weighted by molar-refractivity contribution is 7.71. The van der Waals surface area contributed by atoms with Crippen molar-refractivity contribution in [2.24, 2.45) is 7.05 Å². The van der Waals surface area contributed by atoms with Crippen molar-refractivity contribution in [3.8, 4) is 5.75 Å². The quantitative estimate of drug-likeness (QED) is 0.699. The number of aromatic amines is 1. The Balaban J connectivity index is 1.88. The lowest BCUT2D eigenvalue weighted by molar-refractivity contribution is 0.0785. The second-order valence-electron chi connectivity index (χ2n) is 6.18. The van der Waals surface area contributed by atoms with Crippen molar-refractivity contribution < 1.29 is 13.9 Å². The van der Waals surface area contributed by atoms with E-state index in [1.807, 2.05) is 0 Å². The molecule has 3 aromatic rings. The molecule has 140 valence electrons. The molecule has 8 heteroatoms. The van der Waals surface area contributed by atoms with E-state index in [4.69, 9.17) is 17.0 Å². The van der Waals surface area contributed by atoms with E-state index in [1.54, 1.807) is 38.4 Å². The van der Waals surface area contributed by atoms with Crippen LogP contribution < -0.4 is 10.3 Å². The number of benzene rings is 2. The molecule has 0 unspecified atom stereocenters. The van der Waals surface area contributed by atoms with Crippen molar-refractivity contribution in [2.75, 3.05) is 14.2 Å². The lowest BCUT2D eigenvalue weighted by Crippen LogP contribution is -2.26. The Morgan fingerprint density at radius 2 is 2.04 bits per heavy atom. The van der Waals surface area contributed by atoms with Gasteiger partial charge in [-0.1, -0.05) is 6.07 Å². The number of amides is 1. The van der Waals surface area contributed by atoms with Crippen LogP contribution in [0.3, 0.4) is 0 Å². The van der Waals surface area contributed by atoms with Gasteiger partial charge in [-0.2, -0.15) is 0 Å². The molecule has 0 aliphatic rings. The summed E-state index contributed by atoms with van der Waals surface area (Å²) >= 11 is 5.11. The van der Waals surface area contributed by atoms with Crippen molar-refractivity contribution in [1.29, 1.82) is 0 Å². The van der Waals surface area contributed by atoms with Crippen LogP contribution in [-0.4, -0.2) is 34.5 Å². The molecule has 0 bridgehead atoms. The molecule has 0 aliphatic carbocycles. The maximum absolute atomic E-state index is 13.8. The normalized spacial score (nSPS) is 10.8. The summed E-state index contributed by atoms with van der Waals surface area (Å²) < 4.78 is 20.3. The molecule has 0 atom stereocenters. The zero-order valence-corrected chi connectivity index (χ0v) is 15.9. The number of halogens is 1. The third kappa shape index (κ3) is 3.61. The first kappa shape index (κ1) is 18.8. The van der Waals surface area contributed by atoms with Crippen molar-refractivity contribution >= 4 is 29.0 Å². The molecule has 1 aromatic heterocycles. The van der Waals surface area contributed by atoms with Crippen molar-refractivity contribution in [3.05, 3.63) is 68.5 Å². The standard InChI is InChI=1S/C19H18FN3O3S/c1-22(10-11-4-7-16(26-3)14(20)8-11)17(24)12-5-6-13-15(9-12)21-19(27)23(2)18(13)25/h4-9H,10H2,1-3H3,(H,21,27). The predicted molar refractivity (Wildman–Crippen MR) is 103 cm³/mol. The number of carbonyl (C=O) groups excluding carboxylic acids is 1. The van der Waals surface area contributed by atoms with E-state index in [0.717, 1.165) is 0 Å². The number of hydrogen-bond acceptors (Lipinski definition) is 4. The van der Waals surface area contributed by atoms with Crippen LogP contribution in [0.4, 0.5) is 4.39 Å². The summed E-state index contributed by atoms with van der Waals surface area (Å²) in [5.41, 5.74) is 1.31. The molecular formula is C19H18FN3O3S. The van der Waals surface area contributed by atoms with Gasteiger partial charge >= 0.3 is 0 Å². The maximum atomic E-state index is 13.8. The number of H-pyrrole nitrogens is 1. The van der Waals surface area contributed by atoms with Crippen LogP contribution in [0.2, 0.25) is 0 Å². The number of nitrogens with zero attached hydrogens (tertiary/aromatic N) is 2. The fourth-order valence-corrected chi connectivity index (χ4v) is 3.01. The number of aromatic nitrogens is 2. The first-order valence-electron chi connectivity index (χ1n) is 8.12. The van der Waals surface area contributed by atoms with Gasteiger partial charge in [0.1, 0.15) is 0 Å². The highest BCUT2D eigenvalue weighted by atomic mass is 32.1. The Bertz CT molecular complexity index is 1150. The molecule has 2 aromatic carbocycles.